The highest BCUT2D eigenvalue weighted by molar-refractivity contribution is 6.01. The van der Waals surface area contributed by atoms with Gasteiger partial charge in [0.1, 0.15) is 11.9 Å². The molecule has 2 heterocycles. The Morgan fingerprint density at radius 3 is 2.57 bits per heavy atom. The SMILES string of the molecule is C=C1CC[C@H](N2Cc3cc(C[C@H]4CCCC[C@@H]4NC4CCC(F)(F)CC4)cc(F)c3C2=O)C(=O)N1. The van der Waals surface area contributed by atoms with Crippen LogP contribution in [0.4, 0.5) is 13.2 Å². The van der Waals surface area contributed by atoms with Crippen LogP contribution in [0.25, 0.3) is 0 Å². The fraction of sp³-hybridized carbons (Fsp3) is 0.630. The summed E-state index contributed by atoms with van der Waals surface area (Å²) in [6.45, 7) is 4.01. The topological polar surface area (TPSA) is 61.4 Å². The molecule has 2 N–H and O–H groups in total. The second-order valence-corrected chi connectivity index (χ2v) is 10.8. The van der Waals surface area contributed by atoms with Crippen LogP contribution in [-0.2, 0) is 17.8 Å². The summed E-state index contributed by atoms with van der Waals surface area (Å²) in [6.07, 6.45) is 6.85. The van der Waals surface area contributed by atoms with Crippen molar-refractivity contribution in [3.8, 4) is 0 Å². The molecule has 5 rings (SSSR count). The number of hydrogen-bond acceptors (Lipinski definition) is 3. The van der Waals surface area contributed by atoms with Crippen LogP contribution in [0.1, 0.15) is 85.7 Å². The predicted molar refractivity (Wildman–Crippen MR) is 126 cm³/mol. The van der Waals surface area contributed by atoms with Gasteiger partial charge in [-0.05, 0) is 68.1 Å². The first kappa shape index (κ1) is 24.3. The molecule has 0 unspecified atom stereocenters. The summed E-state index contributed by atoms with van der Waals surface area (Å²) in [4.78, 5) is 26.9. The molecule has 0 bridgehead atoms. The fourth-order valence-corrected chi connectivity index (χ4v) is 6.40. The number of amides is 2. The van der Waals surface area contributed by atoms with Gasteiger partial charge < -0.3 is 15.5 Å². The molecule has 3 fully saturated rings. The van der Waals surface area contributed by atoms with E-state index in [1.807, 2.05) is 6.07 Å². The molecule has 4 aliphatic rings. The number of fused-ring (bicyclic) bond motifs is 1. The molecule has 2 aliphatic heterocycles. The number of carbonyl (C=O) groups excluding carboxylic acids is 2. The van der Waals surface area contributed by atoms with Crippen LogP contribution in [0.5, 0.6) is 0 Å². The molecule has 3 atom stereocenters. The number of hydrogen-bond donors (Lipinski definition) is 2. The van der Waals surface area contributed by atoms with Crippen LogP contribution in [0.3, 0.4) is 0 Å². The van der Waals surface area contributed by atoms with E-state index in [2.05, 4.69) is 17.2 Å². The number of carbonyl (C=O) groups is 2. The summed E-state index contributed by atoms with van der Waals surface area (Å²) in [7, 11) is 0. The fourth-order valence-electron chi connectivity index (χ4n) is 6.40. The Morgan fingerprint density at radius 2 is 1.83 bits per heavy atom. The van der Waals surface area contributed by atoms with Gasteiger partial charge in [0.25, 0.3) is 5.91 Å². The lowest BCUT2D eigenvalue weighted by Gasteiger charge is -2.38. The van der Waals surface area contributed by atoms with Crippen molar-refractivity contribution < 1.29 is 22.8 Å². The molecule has 35 heavy (non-hydrogen) atoms. The highest BCUT2D eigenvalue weighted by atomic mass is 19.3. The first-order valence-electron chi connectivity index (χ1n) is 12.9. The molecule has 2 aliphatic carbocycles. The molecular formula is C27H34F3N3O2. The number of allylic oxidation sites excluding steroid dienone is 1. The molecule has 1 aromatic rings. The van der Waals surface area contributed by atoms with E-state index in [1.165, 1.54) is 11.0 Å². The van der Waals surface area contributed by atoms with Crippen LogP contribution in [-0.4, -0.2) is 40.8 Å². The Balaban J connectivity index is 1.27. The van der Waals surface area contributed by atoms with Gasteiger partial charge in [0, 0.05) is 37.2 Å². The summed E-state index contributed by atoms with van der Waals surface area (Å²) in [5.41, 5.74) is 2.21. The van der Waals surface area contributed by atoms with Gasteiger partial charge in [-0.3, -0.25) is 9.59 Å². The van der Waals surface area contributed by atoms with E-state index in [1.54, 1.807) is 0 Å². The molecule has 0 spiro atoms. The quantitative estimate of drug-likeness (QED) is 0.622. The number of rotatable bonds is 5. The average molecular weight is 490 g/mol. The van der Waals surface area contributed by atoms with Crippen LogP contribution < -0.4 is 10.6 Å². The van der Waals surface area contributed by atoms with Crippen molar-refractivity contribution in [1.82, 2.24) is 15.5 Å². The van der Waals surface area contributed by atoms with Gasteiger partial charge in [0.05, 0.1) is 5.56 Å². The number of nitrogens with one attached hydrogen (secondary N) is 2. The number of halogens is 3. The van der Waals surface area contributed by atoms with E-state index in [4.69, 9.17) is 0 Å². The summed E-state index contributed by atoms with van der Waals surface area (Å²) < 4.78 is 42.3. The van der Waals surface area contributed by atoms with Crippen molar-refractivity contribution in [1.29, 1.82) is 0 Å². The monoisotopic (exact) mass is 489 g/mol. The minimum Gasteiger partial charge on any atom is -0.329 e. The number of benzene rings is 1. The van der Waals surface area contributed by atoms with E-state index in [0.717, 1.165) is 31.2 Å². The molecule has 2 saturated carbocycles. The lowest BCUT2D eigenvalue weighted by molar-refractivity contribution is -0.126. The molecule has 8 heteroatoms. The largest absolute Gasteiger partial charge is 0.329 e. The molecule has 0 aromatic heterocycles. The lowest BCUT2D eigenvalue weighted by Crippen LogP contribution is -2.49. The Labute approximate surface area is 204 Å². The zero-order valence-corrected chi connectivity index (χ0v) is 20.1. The second kappa shape index (κ2) is 9.60. The summed E-state index contributed by atoms with van der Waals surface area (Å²) >= 11 is 0. The third-order valence-electron chi connectivity index (χ3n) is 8.32. The van der Waals surface area contributed by atoms with Crippen molar-refractivity contribution >= 4 is 11.8 Å². The van der Waals surface area contributed by atoms with Gasteiger partial charge in [0.2, 0.25) is 11.8 Å². The predicted octanol–water partition coefficient (Wildman–Crippen LogP) is 4.84. The minimum atomic E-state index is -2.54. The molecule has 1 saturated heterocycles. The van der Waals surface area contributed by atoms with Crippen molar-refractivity contribution in [2.24, 2.45) is 5.92 Å². The van der Waals surface area contributed by atoms with Gasteiger partial charge in [-0.1, -0.05) is 25.5 Å². The summed E-state index contributed by atoms with van der Waals surface area (Å²) in [6, 6.07) is 3.12. The first-order chi connectivity index (χ1) is 16.7. The molecule has 1 aromatic carbocycles. The van der Waals surface area contributed by atoms with Gasteiger partial charge in [-0.15, -0.1) is 0 Å². The van der Waals surface area contributed by atoms with Crippen LogP contribution in [0.15, 0.2) is 24.4 Å². The number of alkyl halides is 2. The van der Waals surface area contributed by atoms with E-state index >= 15 is 4.39 Å². The number of nitrogens with zero attached hydrogens (tertiary/aromatic N) is 1. The van der Waals surface area contributed by atoms with Crippen molar-refractivity contribution in [3.05, 3.63) is 46.9 Å². The lowest BCUT2D eigenvalue weighted by atomic mass is 9.79. The maximum atomic E-state index is 15.1. The zero-order chi connectivity index (χ0) is 24.7. The van der Waals surface area contributed by atoms with Gasteiger partial charge in [0.15, 0.2) is 0 Å². The summed E-state index contributed by atoms with van der Waals surface area (Å²) in [5.74, 6) is -3.46. The van der Waals surface area contributed by atoms with E-state index in [-0.39, 0.29) is 42.9 Å². The maximum absolute atomic E-state index is 15.1. The second-order valence-electron chi connectivity index (χ2n) is 10.8. The van der Waals surface area contributed by atoms with Crippen LogP contribution >= 0.6 is 0 Å². The van der Waals surface area contributed by atoms with Crippen LogP contribution in [0.2, 0.25) is 0 Å². The molecule has 2 amide bonds. The Morgan fingerprint density at radius 1 is 1.09 bits per heavy atom. The van der Waals surface area contributed by atoms with Crippen molar-refractivity contribution in [2.45, 2.75) is 101 Å². The number of piperidine rings is 1. The van der Waals surface area contributed by atoms with Crippen LogP contribution in [0, 0.1) is 11.7 Å². The molecular weight excluding hydrogens is 455 g/mol. The van der Waals surface area contributed by atoms with E-state index < -0.39 is 23.7 Å². The Kier molecular flexibility index (Phi) is 6.68. The minimum absolute atomic E-state index is 0.0598. The van der Waals surface area contributed by atoms with Gasteiger partial charge >= 0.3 is 0 Å². The standard InChI is InChI=1S/C27H34F3N3O2/c1-16-6-7-23(25(34)31-16)33-15-19-13-17(14-21(28)24(19)26(33)35)12-18-4-2-3-5-22(18)32-20-8-10-27(29,30)11-9-20/h13-14,18,20,22-23,32H,1-12,15H2,(H,31,34)/t18-,22+,23+/m1/s1. The third kappa shape index (κ3) is 5.13. The average Bonchev–Trinajstić information content (AvgIpc) is 3.13. The molecule has 190 valence electrons. The first-order valence-corrected chi connectivity index (χ1v) is 12.9. The zero-order valence-electron chi connectivity index (χ0n) is 20.1. The van der Waals surface area contributed by atoms with Gasteiger partial charge in [-0.2, -0.15) is 0 Å². The third-order valence-corrected chi connectivity index (χ3v) is 8.32. The normalized spacial score (nSPS) is 29.3. The van der Waals surface area contributed by atoms with E-state index in [0.29, 0.717) is 49.3 Å². The molecule has 5 nitrogen and oxygen atoms in total. The Hall–Kier alpha value is -2.35. The summed E-state index contributed by atoms with van der Waals surface area (Å²) in [5, 5.41) is 6.36. The van der Waals surface area contributed by atoms with E-state index in [9.17, 15) is 18.4 Å². The van der Waals surface area contributed by atoms with Gasteiger partial charge in [-0.25, -0.2) is 13.2 Å². The van der Waals surface area contributed by atoms with Crippen molar-refractivity contribution in [2.75, 3.05) is 0 Å². The maximum Gasteiger partial charge on any atom is 0.258 e. The Bertz CT molecular complexity index is 1020. The highest BCUT2D eigenvalue weighted by Crippen LogP contribution is 2.36. The molecule has 0 radical (unpaired) electrons. The van der Waals surface area contributed by atoms with Crippen molar-refractivity contribution in [3.63, 3.8) is 0 Å². The smallest absolute Gasteiger partial charge is 0.258 e. The highest BCUT2D eigenvalue weighted by Gasteiger charge is 2.40.